The summed E-state index contributed by atoms with van der Waals surface area (Å²) in [5.74, 6) is -77.6. The number of anilines is 2. The lowest BCUT2D eigenvalue weighted by atomic mass is 9.85. The number of halogens is 21. The first-order chi connectivity index (χ1) is 16.6. The molecule has 0 aromatic heterocycles. The highest BCUT2D eigenvalue weighted by atomic mass is 19.4. The van der Waals surface area contributed by atoms with Crippen LogP contribution in [-0.2, 0) is 5.92 Å². The van der Waals surface area contributed by atoms with Crippen molar-refractivity contribution in [1.82, 2.24) is 0 Å². The first-order valence-corrected chi connectivity index (χ1v) is 8.78. The second kappa shape index (κ2) is 8.67. The SMILES string of the molecule is Nc1cc(N)cc(C(F)(F)C(F)(F)C(F)(F)C(F)(F)C(F)(F)C(F)(F)C(F)(F)C(F)(F)C(F)(F)C(F)(F)F)c1. The summed E-state index contributed by atoms with van der Waals surface area (Å²) in [6, 6.07) is -0.434. The zero-order valence-electron chi connectivity index (χ0n) is 17.3. The van der Waals surface area contributed by atoms with E-state index in [1.54, 1.807) is 0 Å². The van der Waals surface area contributed by atoms with Crippen LogP contribution in [0.5, 0.6) is 0 Å². The topological polar surface area (TPSA) is 52.0 Å². The average molecular weight is 626 g/mol. The van der Waals surface area contributed by atoms with E-state index in [4.69, 9.17) is 11.5 Å². The van der Waals surface area contributed by atoms with Crippen molar-refractivity contribution >= 4 is 11.4 Å². The number of rotatable bonds is 9. The second-order valence-electron chi connectivity index (χ2n) is 7.56. The van der Waals surface area contributed by atoms with Gasteiger partial charge in [0.2, 0.25) is 0 Å². The molecule has 0 aliphatic carbocycles. The fourth-order valence-electron chi connectivity index (χ4n) is 2.60. The maximum atomic E-state index is 14.1. The highest BCUT2D eigenvalue weighted by Crippen LogP contribution is 2.67. The molecule has 23 heteroatoms. The minimum absolute atomic E-state index is 0.429. The van der Waals surface area contributed by atoms with Crippen LogP contribution >= 0.6 is 0 Å². The predicted molar refractivity (Wildman–Crippen MR) is 84.8 cm³/mol. The van der Waals surface area contributed by atoms with Gasteiger partial charge in [0.25, 0.3) is 0 Å². The zero-order chi connectivity index (χ0) is 31.9. The normalized spacial score (nSPS) is 16.0. The predicted octanol–water partition coefficient (Wildman–Crippen LogP) is 7.59. The van der Waals surface area contributed by atoms with Gasteiger partial charge in [-0.3, -0.25) is 0 Å². The van der Waals surface area contributed by atoms with Crippen LogP contribution in [0.1, 0.15) is 5.56 Å². The minimum Gasteiger partial charge on any atom is -0.399 e. The molecule has 0 fully saturated rings. The molecule has 1 aromatic carbocycles. The van der Waals surface area contributed by atoms with E-state index < -0.39 is 88.6 Å². The Morgan fingerprint density at radius 3 is 0.821 bits per heavy atom. The van der Waals surface area contributed by atoms with Crippen LogP contribution in [0.4, 0.5) is 104 Å². The number of nitrogens with two attached hydrogens (primary N) is 2. The summed E-state index contributed by atoms with van der Waals surface area (Å²) in [5.41, 5.74) is 4.87. The van der Waals surface area contributed by atoms with E-state index in [2.05, 4.69) is 0 Å². The van der Waals surface area contributed by atoms with Crippen LogP contribution in [0.25, 0.3) is 0 Å². The highest BCUT2D eigenvalue weighted by Gasteiger charge is 2.97. The lowest BCUT2D eigenvalue weighted by molar-refractivity contribution is -0.474. The lowest BCUT2D eigenvalue weighted by Crippen LogP contribution is -2.76. The molecule has 1 rings (SSSR count). The summed E-state index contributed by atoms with van der Waals surface area (Å²) in [4.78, 5) is 0. The van der Waals surface area contributed by atoms with Gasteiger partial charge in [-0.25, -0.2) is 0 Å². The second-order valence-corrected chi connectivity index (χ2v) is 7.56. The molecule has 0 unspecified atom stereocenters. The third-order valence-corrected chi connectivity index (χ3v) is 4.85. The van der Waals surface area contributed by atoms with E-state index in [0.717, 1.165) is 0 Å². The van der Waals surface area contributed by atoms with Crippen LogP contribution in [-0.4, -0.2) is 53.6 Å². The van der Waals surface area contributed by atoms with Crippen molar-refractivity contribution in [3.63, 3.8) is 0 Å². The monoisotopic (exact) mass is 626 g/mol. The highest BCUT2D eigenvalue weighted by molar-refractivity contribution is 5.55. The Labute approximate surface area is 199 Å². The molecule has 4 N–H and O–H groups in total. The van der Waals surface area contributed by atoms with Crippen LogP contribution < -0.4 is 11.5 Å². The van der Waals surface area contributed by atoms with Crippen molar-refractivity contribution in [3.05, 3.63) is 23.8 Å². The molecule has 228 valence electrons. The fraction of sp³-hybridized carbons (Fsp3) is 0.625. The molecule has 1 aromatic rings. The van der Waals surface area contributed by atoms with Crippen molar-refractivity contribution in [1.29, 1.82) is 0 Å². The zero-order valence-corrected chi connectivity index (χ0v) is 17.3. The van der Waals surface area contributed by atoms with E-state index in [-0.39, 0.29) is 0 Å². The van der Waals surface area contributed by atoms with E-state index in [9.17, 15) is 92.2 Å². The average Bonchev–Trinajstić information content (AvgIpc) is 2.70. The van der Waals surface area contributed by atoms with Gasteiger partial charge in [0.05, 0.1) is 0 Å². The number of hydrogen-bond acceptors (Lipinski definition) is 2. The number of hydrogen-bond donors (Lipinski definition) is 2. The van der Waals surface area contributed by atoms with Crippen molar-refractivity contribution in [3.8, 4) is 0 Å². The summed E-state index contributed by atoms with van der Waals surface area (Å²) < 4.78 is 281. The Bertz CT molecular complexity index is 1050. The van der Waals surface area contributed by atoms with Gasteiger partial charge >= 0.3 is 59.5 Å². The van der Waals surface area contributed by atoms with Gasteiger partial charge in [-0.2, -0.15) is 92.2 Å². The largest absolute Gasteiger partial charge is 0.460 e. The Kier molecular flexibility index (Phi) is 7.64. The summed E-state index contributed by atoms with van der Waals surface area (Å²) in [6.45, 7) is 0. The van der Waals surface area contributed by atoms with Crippen LogP contribution in [0.3, 0.4) is 0 Å². The van der Waals surface area contributed by atoms with Crippen molar-refractivity contribution in [2.75, 3.05) is 11.5 Å². The maximum absolute atomic E-state index is 14.1. The molecule has 0 bridgehead atoms. The molecule has 0 atom stereocenters. The van der Waals surface area contributed by atoms with E-state index in [1.165, 1.54) is 0 Å². The van der Waals surface area contributed by atoms with E-state index in [0.29, 0.717) is 6.07 Å². The summed E-state index contributed by atoms with van der Waals surface area (Å²) in [6.07, 6.45) is -8.02. The van der Waals surface area contributed by atoms with E-state index in [1.807, 2.05) is 0 Å². The Morgan fingerprint density at radius 1 is 0.333 bits per heavy atom. The molecule has 0 saturated heterocycles. The maximum Gasteiger partial charge on any atom is 0.460 e. The Morgan fingerprint density at radius 2 is 0.564 bits per heavy atom. The quantitative estimate of drug-likeness (QED) is 0.219. The number of alkyl halides is 21. The third kappa shape index (κ3) is 4.24. The summed E-state index contributed by atoms with van der Waals surface area (Å²) in [7, 11) is 0. The van der Waals surface area contributed by atoms with Gasteiger partial charge in [-0.1, -0.05) is 0 Å². The van der Waals surface area contributed by atoms with Crippen molar-refractivity contribution < 1.29 is 92.2 Å². The minimum atomic E-state index is -9.21. The molecule has 0 aliphatic rings. The van der Waals surface area contributed by atoms with Gasteiger partial charge in [0.1, 0.15) is 0 Å². The molecule has 0 saturated carbocycles. The Hall–Kier alpha value is -2.65. The van der Waals surface area contributed by atoms with Gasteiger partial charge < -0.3 is 11.5 Å². The van der Waals surface area contributed by atoms with Crippen LogP contribution in [0.2, 0.25) is 0 Å². The lowest BCUT2D eigenvalue weighted by Gasteiger charge is -2.44. The summed E-state index contributed by atoms with van der Waals surface area (Å²) in [5, 5.41) is 0. The molecule has 39 heavy (non-hydrogen) atoms. The van der Waals surface area contributed by atoms with Gasteiger partial charge in [0, 0.05) is 16.9 Å². The standard InChI is InChI=1S/C16H7F21N2/c17-7(18,4-1-5(38)3-6(39)2-4)8(19,20)9(21,22)10(23,24)11(25,26)12(27,28)13(29,30)14(31,32)15(33,34)16(35,36)37/h1-3H,38-39H2. The molecule has 0 amide bonds. The third-order valence-electron chi connectivity index (χ3n) is 4.85. The molecule has 2 nitrogen and oxygen atoms in total. The first kappa shape index (κ1) is 34.4. The fourth-order valence-corrected chi connectivity index (χ4v) is 2.60. The van der Waals surface area contributed by atoms with Crippen LogP contribution in [0.15, 0.2) is 18.2 Å². The smallest absolute Gasteiger partial charge is 0.399 e. The van der Waals surface area contributed by atoms with Crippen LogP contribution in [0, 0.1) is 0 Å². The number of benzene rings is 1. The summed E-state index contributed by atoms with van der Waals surface area (Å²) >= 11 is 0. The molecular formula is C16H7F21N2. The van der Waals surface area contributed by atoms with Gasteiger partial charge in [0.15, 0.2) is 0 Å². The van der Waals surface area contributed by atoms with Gasteiger partial charge in [-0.15, -0.1) is 0 Å². The number of nitrogen functional groups attached to an aromatic ring is 2. The van der Waals surface area contributed by atoms with E-state index >= 15 is 0 Å². The molecule has 0 radical (unpaired) electrons. The van der Waals surface area contributed by atoms with Gasteiger partial charge in [-0.05, 0) is 18.2 Å². The first-order valence-electron chi connectivity index (χ1n) is 8.78. The molecule has 0 spiro atoms. The molecular weight excluding hydrogens is 619 g/mol. The van der Waals surface area contributed by atoms with Crippen molar-refractivity contribution in [2.45, 2.75) is 59.5 Å². The van der Waals surface area contributed by atoms with Crippen molar-refractivity contribution in [2.24, 2.45) is 0 Å². The molecule has 0 aliphatic heterocycles. The molecule has 0 heterocycles. The Balaban J connectivity index is 3.86.